The van der Waals surface area contributed by atoms with Crippen LogP contribution in [0.3, 0.4) is 0 Å². The normalized spacial score (nSPS) is 43.9. The number of allylic oxidation sites excluding steroid dienone is 4. The molecule has 0 nitrogen and oxygen atoms in total. The van der Waals surface area contributed by atoms with Crippen molar-refractivity contribution in [3.05, 3.63) is 30.7 Å². The molecule has 0 aromatic rings. The van der Waals surface area contributed by atoms with Crippen molar-refractivity contribution in [3.63, 3.8) is 0 Å². The highest BCUT2D eigenvalue weighted by atomic mass is 14.3. The van der Waals surface area contributed by atoms with Gasteiger partial charge in [-0.3, -0.25) is 0 Å². The molecular formula is C10H12. The molecule has 0 bridgehead atoms. The van der Waals surface area contributed by atoms with Crippen LogP contribution in [0.25, 0.3) is 0 Å². The van der Waals surface area contributed by atoms with Crippen molar-refractivity contribution in [1.29, 1.82) is 0 Å². The average Bonchev–Trinajstić information content (AvgIpc) is 2.27. The molecule has 0 aromatic carbocycles. The third-order valence-electron chi connectivity index (χ3n) is 2.35. The maximum absolute atomic E-state index is 3.52. The van der Waals surface area contributed by atoms with E-state index >= 15 is 0 Å². The zero-order valence-electron chi connectivity index (χ0n) is 6.25. The molecule has 2 aliphatic rings. The lowest BCUT2D eigenvalue weighted by molar-refractivity contribution is 0.563. The second kappa shape index (κ2) is 2.26. The minimum Gasteiger partial charge on any atom is -0.0808 e. The Labute approximate surface area is 62.6 Å². The molecule has 10 heavy (non-hydrogen) atoms. The molecule has 1 fully saturated rings. The number of hydrogen-bond donors (Lipinski definition) is 0. The summed E-state index contributed by atoms with van der Waals surface area (Å²) in [6.45, 7) is 2.25. The van der Waals surface area contributed by atoms with E-state index in [1.807, 2.05) is 0 Å². The molecule has 0 spiro atoms. The van der Waals surface area contributed by atoms with E-state index in [2.05, 4.69) is 37.6 Å². The number of fused-ring (bicyclic) bond motifs is 1. The Hall–Kier alpha value is -0.520. The summed E-state index contributed by atoms with van der Waals surface area (Å²) < 4.78 is 0. The summed E-state index contributed by atoms with van der Waals surface area (Å²) in [5, 5.41) is 0. The Kier molecular flexibility index (Phi) is 1.40. The Morgan fingerprint density at radius 1 is 1.30 bits per heavy atom. The average molecular weight is 132 g/mol. The van der Waals surface area contributed by atoms with Crippen molar-refractivity contribution in [1.82, 2.24) is 0 Å². The Bertz CT molecular complexity index is 156. The summed E-state index contributed by atoms with van der Waals surface area (Å²) >= 11 is 0. The largest absolute Gasteiger partial charge is 0.0808 e. The van der Waals surface area contributed by atoms with Crippen molar-refractivity contribution in [2.45, 2.75) is 13.3 Å². The molecule has 3 unspecified atom stereocenters. The predicted molar refractivity (Wildman–Crippen MR) is 42.3 cm³/mol. The Morgan fingerprint density at radius 3 is 2.90 bits per heavy atom. The summed E-state index contributed by atoms with van der Waals surface area (Å²) in [5.74, 6) is 2.09. The smallest absolute Gasteiger partial charge is 0.00616 e. The van der Waals surface area contributed by atoms with Crippen molar-refractivity contribution in [2.75, 3.05) is 0 Å². The quantitative estimate of drug-likeness (QED) is 0.475. The van der Waals surface area contributed by atoms with Crippen LogP contribution in [0.2, 0.25) is 0 Å². The molecule has 1 saturated carbocycles. The van der Waals surface area contributed by atoms with Gasteiger partial charge in [-0.2, -0.15) is 0 Å². The molecule has 3 atom stereocenters. The monoisotopic (exact) mass is 132 g/mol. The van der Waals surface area contributed by atoms with Crippen LogP contribution >= 0.6 is 0 Å². The Balaban J connectivity index is 2.14. The first-order chi connectivity index (χ1) is 4.86. The van der Waals surface area contributed by atoms with Crippen molar-refractivity contribution in [3.8, 4) is 0 Å². The SMILES string of the molecule is CC1[C]C2C=CC=CC2C1. The van der Waals surface area contributed by atoms with E-state index in [0.717, 1.165) is 5.92 Å². The highest BCUT2D eigenvalue weighted by Crippen LogP contribution is 2.38. The van der Waals surface area contributed by atoms with E-state index in [4.69, 9.17) is 0 Å². The van der Waals surface area contributed by atoms with Crippen LogP contribution in [0.5, 0.6) is 0 Å². The van der Waals surface area contributed by atoms with E-state index in [1.54, 1.807) is 0 Å². The lowest BCUT2D eigenvalue weighted by Gasteiger charge is -2.12. The van der Waals surface area contributed by atoms with Gasteiger partial charge in [0.1, 0.15) is 0 Å². The van der Waals surface area contributed by atoms with Gasteiger partial charge in [-0.1, -0.05) is 31.2 Å². The van der Waals surface area contributed by atoms with Gasteiger partial charge < -0.3 is 0 Å². The second-order valence-electron chi connectivity index (χ2n) is 3.26. The molecule has 0 heterocycles. The minimum atomic E-state index is 0.625. The van der Waals surface area contributed by atoms with Crippen LogP contribution in [0.15, 0.2) is 24.3 Å². The third kappa shape index (κ3) is 0.920. The van der Waals surface area contributed by atoms with Crippen LogP contribution in [-0.2, 0) is 0 Å². The molecule has 0 heteroatoms. The van der Waals surface area contributed by atoms with Crippen LogP contribution in [0, 0.1) is 24.2 Å². The van der Waals surface area contributed by atoms with Gasteiger partial charge in [-0.25, -0.2) is 0 Å². The third-order valence-corrected chi connectivity index (χ3v) is 2.35. The molecule has 0 N–H and O–H groups in total. The highest BCUT2D eigenvalue weighted by Gasteiger charge is 2.29. The molecule has 2 radical (unpaired) electrons. The van der Waals surface area contributed by atoms with Crippen LogP contribution in [0.4, 0.5) is 0 Å². The first-order valence-electron chi connectivity index (χ1n) is 3.97. The summed E-state index contributed by atoms with van der Waals surface area (Å²) in [7, 11) is 0. The first kappa shape index (κ1) is 6.21. The van der Waals surface area contributed by atoms with E-state index in [1.165, 1.54) is 6.42 Å². The topological polar surface area (TPSA) is 0 Å². The summed E-state index contributed by atoms with van der Waals surface area (Å²) in [6.07, 6.45) is 13.7. The molecular weight excluding hydrogens is 120 g/mol. The molecule has 2 aliphatic carbocycles. The molecule has 0 amide bonds. The lowest BCUT2D eigenvalue weighted by Crippen LogP contribution is -2.03. The van der Waals surface area contributed by atoms with Gasteiger partial charge in [-0.15, -0.1) is 0 Å². The van der Waals surface area contributed by atoms with Gasteiger partial charge in [0.05, 0.1) is 0 Å². The summed E-state index contributed by atoms with van der Waals surface area (Å²) in [6, 6.07) is 0. The fraction of sp³-hybridized carbons (Fsp3) is 0.500. The molecule has 52 valence electrons. The minimum absolute atomic E-state index is 0.625. The van der Waals surface area contributed by atoms with Crippen LogP contribution in [0.1, 0.15) is 13.3 Å². The van der Waals surface area contributed by atoms with Gasteiger partial charge in [0, 0.05) is 0 Å². The van der Waals surface area contributed by atoms with E-state index < -0.39 is 0 Å². The molecule has 2 rings (SSSR count). The standard InChI is InChI=1S/C10H12/c1-8-6-9-4-2-3-5-10(9)7-8/h2-5,8-10H,6H2,1H3. The van der Waals surface area contributed by atoms with Crippen LogP contribution in [-0.4, -0.2) is 0 Å². The van der Waals surface area contributed by atoms with E-state index in [0.29, 0.717) is 11.8 Å². The first-order valence-corrected chi connectivity index (χ1v) is 3.97. The van der Waals surface area contributed by atoms with Gasteiger partial charge in [-0.05, 0) is 30.6 Å². The zero-order valence-corrected chi connectivity index (χ0v) is 6.25. The number of rotatable bonds is 0. The lowest BCUT2D eigenvalue weighted by atomic mass is 9.92. The van der Waals surface area contributed by atoms with Crippen LogP contribution < -0.4 is 0 Å². The molecule has 0 aromatic heterocycles. The second-order valence-corrected chi connectivity index (χ2v) is 3.26. The fourth-order valence-electron chi connectivity index (χ4n) is 1.86. The van der Waals surface area contributed by atoms with Crippen molar-refractivity contribution >= 4 is 0 Å². The van der Waals surface area contributed by atoms with Gasteiger partial charge in [0.25, 0.3) is 0 Å². The maximum atomic E-state index is 3.52. The van der Waals surface area contributed by atoms with Gasteiger partial charge >= 0.3 is 0 Å². The highest BCUT2D eigenvalue weighted by molar-refractivity contribution is 5.20. The molecule has 0 saturated heterocycles. The van der Waals surface area contributed by atoms with Gasteiger partial charge in [0.15, 0.2) is 0 Å². The van der Waals surface area contributed by atoms with E-state index in [-0.39, 0.29) is 0 Å². The summed E-state index contributed by atoms with van der Waals surface area (Å²) in [5.41, 5.74) is 0. The predicted octanol–water partition coefficient (Wildman–Crippen LogP) is 2.47. The van der Waals surface area contributed by atoms with E-state index in [9.17, 15) is 0 Å². The van der Waals surface area contributed by atoms with Crippen molar-refractivity contribution in [2.24, 2.45) is 17.8 Å². The molecule has 0 aliphatic heterocycles. The number of hydrogen-bond acceptors (Lipinski definition) is 0. The maximum Gasteiger partial charge on any atom is -0.00616 e. The Morgan fingerprint density at radius 2 is 2.10 bits per heavy atom. The zero-order chi connectivity index (χ0) is 6.97. The summed E-state index contributed by atoms with van der Waals surface area (Å²) in [4.78, 5) is 0. The fourth-order valence-corrected chi connectivity index (χ4v) is 1.86. The van der Waals surface area contributed by atoms with Gasteiger partial charge in [0.2, 0.25) is 0 Å². The van der Waals surface area contributed by atoms with Crippen molar-refractivity contribution < 1.29 is 0 Å².